The smallest absolute Gasteiger partial charge is 0.672 e. The Bertz CT molecular complexity index is 1710. The van der Waals surface area contributed by atoms with Crippen molar-refractivity contribution in [3.05, 3.63) is 191 Å². The molecule has 1 unspecified atom stereocenters. The molecule has 5 heteroatoms. The number of hydrogen-bond acceptors (Lipinski definition) is 3. The van der Waals surface area contributed by atoms with E-state index in [9.17, 15) is 0 Å². The van der Waals surface area contributed by atoms with Gasteiger partial charge >= 0.3 is 26.2 Å². The van der Waals surface area contributed by atoms with Gasteiger partial charge in [0.2, 0.25) is 0 Å². The van der Waals surface area contributed by atoms with Crippen LogP contribution in [-0.2, 0) is 26.2 Å². The van der Waals surface area contributed by atoms with Gasteiger partial charge < -0.3 is 10.1 Å². The Morgan fingerprint density at radius 1 is 0.625 bits per heavy atom. The van der Waals surface area contributed by atoms with Gasteiger partial charge in [0.1, 0.15) is 5.75 Å². The Balaban J connectivity index is 0.000000343. The average molecular weight is 729 g/mol. The number of rotatable bonds is 8. The van der Waals surface area contributed by atoms with E-state index < -0.39 is 0 Å². The molecule has 0 spiro atoms. The van der Waals surface area contributed by atoms with Gasteiger partial charge in [-0.05, 0) is 30.0 Å². The molecule has 1 radical (unpaired) electrons. The molecule has 0 saturated heterocycles. The molecule has 0 fully saturated rings. The minimum atomic E-state index is -0.169. The standard InChI is InChI=1S/C29H31N2OS.2C7H7.Zr/c1-19(2)22-15-11-16-23(20(3)4)28(22)31-27(21-12-7-6-8-13-21)29-30-25(18-33-29)24-14-9-10-17-26(24)32-5;2*1-7-5-3-2-4-6-7;/h6-20,27H,1-5H3;2*2-6H,1H2;/q3*-1;+3. The molecule has 0 aliphatic rings. The molecule has 1 heterocycles. The van der Waals surface area contributed by atoms with Gasteiger partial charge in [-0.25, -0.2) is 4.98 Å². The van der Waals surface area contributed by atoms with E-state index in [0.717, 1.165) is 44.4 Å². The monoisotopic (exact) mass is 727 g/mol. The Morgan fingerprint density at radius 2 is 1.10 bits per heavy atom. The fraction of sp³-hybridized carbons (Fsp3) is 0.186. The number of benzene rings is 5. The summed E-state index contributed by atoms with van der Waals surface area (Å²) in [5, 5.41) is 8.50. The van der Waals surface area contributed by atoms with Gasteiger partial charge in [-0.3, -0.25) is 0 Å². The fourth-order valence-corrected chi connectivity index (χ4v) is 5.93. The van der Waals surface area contributed by atoms with Gasteiger partial charge in [-0.2, -0.15) is 49.2 Å². The summed E-state index contributed by atoms with van der Waals surface area (Å²) in [6.07, 6.45) is 0. The van der Waals surface area contributed by atoms with Gasteiger partial charge in [0.25, 0.3) is 0 Å². The first-order chi connectivity index (χ1) is 22.8. The second kappa shape index (κ2) is 19.7. The van der Waals surface area contributed by atoms with Crippen LogP contribution in [-0.4, -0.2) is 12.1 Å². The zero-order valence-corrected chi connectivity index (χ0v) is 31.9. The topological polar surface area (TPSA) is 36.2 Å². The average Bonchev–Trinajstić information content (AvgIpc) is 3.58. The Morgan fingerprint density at radius 3 is 1.56 bits per heavy atom. The quantitative estimate of drug-likeness (QED) is 0.146. The largest absolute Gasteiger partial charge is 3.00 e. The summed E-state index contributed by atoms with van der Waals surface area (Å²) in [5.41, 5.74) is 8.87. The fourth-order valence-electron chi connectivity index (χ4n) is 5.05. The molecule has 48 heavy (non-hydrogen) atoms. The summed E-state index contributed by atoms with van der Waals surface area (Å²) in [6.45, 7) is 16.4. The van der Waals surface area contributed by atoms with Crippen LogP contribution in [0.4, 0.5) is 5.69 Å². The summed E-state index contributed by atoms with van der Waals surface area (Å²) in [5.74, 6) is 1.61. The Hall–Kier alpha value is -4.05. The molecule has 1 aromatic heterocycles. The van der Waals surface area contributed by atoms with Gasteiger partial charge in [0, 0.05) is 10.9 Å². The van der Waals surface area contributed by atoms with Crippen LogP contribution in [0.2, 0.25) is 0 Å². The Kier molecular flexibility index (Phi) is 15.8. The first-order valence-electron chi connectivity index (χ1n) is 16.0. The maximum absolute atomic E-state index is 5.58. The number of methoxy groups -OCH3 is 1. The SMILES string of the molecule is COc1ccccc1-c1csc(C([N-]c2c(C(C)C)cccc2C(C)C)c2ccccc2)n1.[CH2-]c1ccccc1.[CH2-]c1ccccc1.[Zr+3]. The number of para-hydroxylation sites is 2. The van der Waals surface area contributed by atoms with Crippen LogP contribution in [0.3, 0.4) is 0 Å². The molecular weight excluding hydrogens is 684 g/mol. The van der Waals surface area contributed by atoms with Crippen molar-refractivity contribution in [2.75, 3.05) is 7.11 Å². The summed E-state index contributed by atoms with van der Waals surface area (Å²) in [4.78, 5) is 5.06. The van der Waals surface area contributed by atoms with Crippen molar-refractivity contribution in [2.45, 2.75) is 45.6 Å². The van der Waals surface area contributed by atoms with Crippen LogP contribution >= 0.6 is 11.3 Å². The number of thiazole rings is 1. The first kappa shape index (κ1) is 38.4. The molecule has 0 amide bonds. The van der Waals surface area contributed by atoms with Crippen molar-refractivity contribution < 1.29 is 30.9 Å². The molecule has 0 saturated carbocycles. The van der Waals surface area contributed by atoms with Crippen LogP contribution in [0, 0.1) is 13.8 Å². The molecule has 0 aliphatic heterocycles. The third kappa shape index (κ3) is 11.0. The number of ether oxygens (including phenoxy) is 1. The predicted molar refractivity (Wildman–Crippen MR) is 202 cm³/mol. The molecule has 5 aromatic carbocycles. The molecule has 1 atom stereocenters. The van der Waals surface area contributed by atoms with Crippen LogP contribution in [0.1, 0.15) is 78.4 Å². The Labute approximate surface area is 311 Å². The maximum atomic E-state index is 5.58. The zero-order valence-electron chi connectivity index (χ0n) is 28.6. The molecule has 6 aromatic rings. The summed E-state index contributed by atoms with van der Waals surface area (Å²) >= 11 is 1.65. The molecule has 0 bridgehead atoms. The number of aromatic nitrogens is 1. The van der Waals surface area contributed by atoms with E-state index in [4.69, 9.17) is 15.0 Å². The normalized spacial score (nSPS) is 10.9. The van der Waals surface area contributed by atoms with Gasteiger partial charge in [0.05, 0.1) is 17.8 Å². The minimum absolute atomic E-state index is 0. The van der Waals surface area contributed by atoms with Crippen LogP contribution in [0.15, 0.2) is 139 Å². The van der Waals surface area contributed by atoms with Gasteiger partial charge in [-0.15, -0.1) is 41.3 Å². The van der Waals surface area contributed by atoms with Crippen molar-refractivity contribution in [2.24, 2.45) is 0 Å². The van der Waals surface area contributed by atoms with E-state index in [2.05, 4.69) is 95.5 Å². The van der Waals surface area contributed by atoms with Crippen LogP contribution in [0.25, 0.3) is 16.6 Å². The van der Waals surface area contributed by atoms with Crippen molar-refractivity contribution in [3.8, 4) is 17.0 Å². The third-order valence-electron chi connectivity index (χ3n) is 7.54. The molecule has 0 aliphatic carbocycles. The van der Waals surface area contributed by atoms with E-state index in [1.54, 1.807) is 18.4 Å². The van der Waals surface area contributed by atoms with E-state index in [1.165, 1.54) is 11.1 Å². The zero-order chi connectivity index (χ0) is 33.6. The molecule has 0 N–H and O–H groups in total. The molecule has 3 nitrogen and oxygen atoms in total. The molecular formula is C43H45N2OSZr. The summed E-state index contributed by atoms with van der Waals surface area (Å²) in [7, 11) is 1.70. The summed E-state index contributed by atoms with van der Waals surface area (Å²) in [6, 6.07) is 44.7. The van der Waals surface area contributed by atoms with Crippen molar-refractivity contribution in [1.29, 1.82) is 0 Å². The van der Waals surface area contributed by atoms with Crippen LogP contribution < -0.4 is 4.74 Å². The molecule has 6 rings (SSSR count). The van der Waals surface area contributed by atoms with E-state index in [1.807, 2.05) is 84.9 Å². The minimum Gasteiger partial charge on any atom is -0.672 e. The maximum Gasteiger partial charge on any atom is 3.00 e. The van der Waals surface area contributed by atoms with Crippen molar-refractivity contribution in [1.82, 2.24) is 4.98 Å². The van der Waals surface area contributed by atoms with Crippen molar-refractivity contribution in [3.63, 3.8) is 0 Å². The predicted octanol–water partition coefficient (Wildman–Crippen LogP) is 12.6. The third-order valence-corrected chi connectivity index (χ3v) is 8.44. The molecule has 243 valence electrons. The van der Waals surface area contributed by atoms with E-state index >= 15 is 0 Å². The number of hydrogen-bond donors (Lipinski definition) is 0. The second-order valence-electron chi connectivity index (χ2n) is 11.8. The number of nitrogens with zero attached hydrogens (tertiary/aromatic N) is 2. The van der Waals surface area contributed by atoms with Gasteiger partial charge in [0.15, 0.2) is 0 Å². The summed E-state index contributed by atoms with van der Waals surface area (Å²) < 4.78 is 5.58. The van der Waals surface area contributed by atoms with Crippen LogP contribution in [0.5, 0.6) is 5.75 Å². The second-order valence-corrected chi connectivity index (χ2v) is 12.7. The van der Waals surface area contributed by atoms with Gasteiger partial charge in [-0.1, -0.05) is 117 Å². The first-order valence-corrected chi connectivity index (χ1v) is 16.9. The van der Waals surface area contributed by atoms with E-state index in [-0.39, 0.29) is 32.2 Å². The van der Waals surface area contributed by atoms with E-state index in [0.29, 0.717) is 11.8 Å². The van der Waals surface area contributed by atoms with Crippen molar-refractivity contribution >= 4 is 17.0 Å².